The zero-order valence-electron chi connectivity index (χ0n) is 8.48. The van der Waals surface area contributed by atoms with Crippen molar-refractivity contribution in [2.24, 2.45) is 0 Å². The third-order valence-corrected chi connectivity index (χ3v) is 2.35. The zero-order chi connectivity index (χ0) is 10.3. The third kappa shape index (κ3) is 1.63. The van der Waals surface area contributed by atoms with Gasteiger partial charge in [-0.15, -0.1) is 0 Å². The molecular weight excluding hydrogens is 188 g/mol. The van der Waals surface area contributed by atoms with E-state index in [0.29, 0.717) is 6.42 Å². The highest BCUT2D eigenvalue weighted by Gasteiger charge is 2.50. The van der Waals surface area contributed by atoms with Gasteiger partial charge >= 0.3 is 5.97 Å². The lowest BCUT2D eigenvalue weighted by atomic mass is 10.2. The quantitative estimate of drug-likeness (QED) is 0.577. The summed E-state index contributed by atoms with van der Waals surface area (Å²) in [5.41, 5.74) is 0. The fraction of sp³-hybridized carbons (Fsp3) is 0.889. The summed E-state index contributed by atoms with van der Waals surface area (Å²) >= 11 is 0. The number of rotatable bonds is 1. The summed E-state index contributed by atoms with van der Waals surface area (Å²) in [5, 5.41) is 0. The Kier molecular flexibility index (Phi) is 2.25. The van der Waals surface area contributed by atoms with Gasteiger partial charge in [0.05, 0.1) is 7.11 Å². The molecule has 2 heterocycles. The summed E-state index contributed by atoms with van der Waals surface area (Å²) in [6.07, 6.45) is -0.643. The van der Waals surface area contributed by atoms with Crippen LogP contribution in [0.5, 0.6) is 0 Å². The lowest BCUT2D eigenvalue weighted by molar-refractivity contribution is -0.210. The molecule has 0 aliphatic carbocycles. The van der Waals surface area contributed by atoms with E-state index in [-0.39, 0.29) is 12.1 Å². The highest BCUT2D eigenvalue weighted by atomic mass is 16.8. The van der Waals surface area contributed by atoms with Crippen LogP contribution in [0.15, 0.2) is 0 Å². The summed E-state index contributed by atoms with van der Waals surface area (Å²) in [6.45, 7) is 3.64. The minimum absolute atomic E-state index is 0.158. The second kappa shape index (κ2) is 3.18. The summed E-state index contributed by atoms with van der Waals surface area (Å²) in [4.78, 5) is 11.1. The lowest BCUT2D eigenvalue weighted by Crippen LogP contribution is -2.28. The van der Waals surface area contributed by atoms with Crippen LogP contribution >= 0.6 is 0 Å². The molecule has 3 atom stereocenters. The smallest absolute Gasteiger partial charge is 0.335 e. The molecule has 0 radical (unpaired) electrons. The molecule has 5 heteroatoms. The Morgan fingerprint density at radius 1 is 1.43 bits per heavy atom. The van der Waals surface area contributed by atoms with Crippen LogP contribution in [-0.2, 0) is 23.7 Å². The molecule has 2 aliphatic heterocycles. The standard InChI is InChI=1S/C9H14O5/c1-9(2)13-6-4-5(7(10)11-3)12-8(6)14-9/h5-6,8H,4H2,1-3H3/t5?,6-,8?/m1/s1. The highest BCUT2D eigenvalue weighted by molar-refractivity contribution is 5.74. The van der Waals surface area contributed by atoms with E-state index in [1.165, 1.54) is 7.11 Å². The Labute approximate surface area is 82.3 Å². The summed E-state index contributed by atoms with van der Waals surface area (Å²) in [6, 6.07) is 0. The van der Waals surface area contributed by atoms with Crippen molar-refractivity contribution >= 4 is 5.97 Å². The van der Waals surface area contributed by atoms with Gasteiger partial charge in [-0.2, -0.15) is 0 Å². The molecule has 5 nitrogen and oxygen atoms in total. The van der Waals surface area contributed by atoms with Crippen LogP contribution in [0.3, 0.4) is 0 Å². The fourth-order valence-electron chi connectivity index (χ4n) is 1.79. The van der Waals surface area contributed by atoms with Gasteiger partial charge in [-0.3, -0.25) is 0 Å². The van der Waals surface area contributed by atoms with E-state index in [0.717, 1.165) is 0 Å². The lowest BCUT2D eigenvalue weighted by Gasteiger charge is -2.19. The Bertz CT molecular complexity index is 234. The minimum atomic E-state index is -0.615. The number of hydrogen-bond acceptors (Lipinski definition) is 5. The van der Waals surface area contributed by atoms with Gasteiger partial charge < -0.3 is 18.9 Å². The Morgan fingerprint density at radius 2 is 2.14 bits per heavy atom. The van der Waals surface area contributed by atoms with Crippen LogP contribution in [0.4, 0.5) is 0 Å². The molecule has 0 aromatic heterocycles. The van der Waals surface area contributed by atoms with Gasteiger partial charge in [-0.25, -0.2) is 4.79 Å². The molecule has 0 saturated carbocycles. The average molecular weight is 202 g/mol. The van der Waals surface area contributed by atoms with Gasteiger partial charge in [0.25, 0.3) is 0 Å². The summed E-state index contributed by atoms with van der Waals surface area (Å²) in [7, 11) is 1.34. The first-order chi connectivity index (χ1) is 6.52. The van der Waals surface area contributed by atoms with Crippen molar-refractivity contribution in [3.05, 3.63) is 0 Å². The van der Waals surface area contributed by atoms with Crippen molar-refractivity contribution in [3.8, 4) is 0 Å². The van der Waals surface area contributed by atoms with Crippen molar-refractivity contribution in [1.29, 1.82) is 0 Å². The molecule has 0 aromatic carbocycles. The van der Waals surface area contributed by atoms with E-state index in [1.807, 2.05) is 13.8 Å². The number of carbonyl (C=O) groups excluding carboxylic acids is 1. The number of methoxy groups -OCH3 is 1. The maximum atomic E-state index is 11.1. The van der Waals surface area contributed by atoms with Gasteiger partial charge in [0.1, 0.15) is 6.10 Å². The third-order valence-electron chi connectivity index (χ3n) is 2.35. The monoisotopic (exact) mass is 202 g/mol. The molecule has 2 aliphatic rings. The molecular formula is C9H14O5. The van der Waals surface area contributed by atoms with Crippen LogP contribution in [0.25, 0.3) is 0 Å². The van der Waals surface area contributed by atoms with E-state index in [1.54, 1.807) is 0 Å². The van der Waals surface area contributed by atoms with E-state index in [4.69, 9.17) is 14.2 Å². The first kappa shape index (κ1) is 9.89. The van der Waals surface area contributed by atoms with Crippen molar-refractivity contribution in [3.63, 3.8) is 0 Å². The number of esters is 1. The van der Waals surface area contributed by atoms with Gasteiger partial charge in [-0.05, 0) is 13.8 Å². The molecule has 2 unspecified atom stereocenters. The highest BCUT2D eigenvalue weighted by Crippen LogP contribution is 2.37. The molecule has 2 saturated heterocycles. The molecule has 0 N–H and O–H groups in total. The number of hydrogen-bond donors (Lipinski definition) is 0. The maximum absolute atomic E-state index is 11.1. The van der Waals surface area contributed by atoms with Crippen molar-refractivity contribution in [1.82, 2.24) is 0 Å². The van der Waals surface area contributed by atoms with Gasteiger partial charge in [-0.1, -0.05) is 0 Å². The van der Waals surface area contributed by atoms with E-state index in [9.17, 15) is 4.79 Å². The van der Waals surface area contributed by atoms with Gasteiger partial charge in [0, 0.05) is 6.42 Å². The normalized spacial score (nSPS) is 39.5. The molecule has 14 heavy (non-hydrogen) atoms. The maximum Gasteiger partial charge on any atom is 0.335 e. The fourth-order valence-corrected chi connectivity index (χ4v) is 1.79. The average Bonchev–Trinajstić information content (AvgIpc) is 2.56. The Morgan fingerprint density at radius 3 is 2.71 bits per heavy atom. The molecule has 2 rings (SSSR count). The SMILES string of the molecule is COC(=O)C1C[C@H]2OC(C)(C)OC2O1. The zero-order valence-corrected chi connectivity index (χ0v) is 8.48. The number of fused-ring (bicyclic) bond motifs is 1. The minimum Gasteiger partial charge on any atom is -0.467 e. The summed E-state index contributed by atoms with van der Waals surface area (Å²) in [5.74, 6) is -0.986. The van der Waals surface area contributed by atoms with Crippen LogP contribution in [0.2, 0.25) is 0 Å². The first-order valence-corrected chi connectivity index (χ1v) is 4.61. The van der Waals surface area contributed by atoms with Crippen LogP contribution < -0.4 is 0 Å². The Hall–Kier alpha value is -0.650. The molecule has 0 aromatic rings. The van der Waals surface area contributed by atoms with Crippen LogP contribution in [0.1, 0.15) is 20.3 Å². The van der Waals surface area contributed by atoms with Crippen molar-refractivity contribution in [2.45, 2.75) is 44.6 Å². The largest absolute Gasteiger partial charge is 0.467 e. The first-order valence-electron chi connectivity index (χ1n) is 4.61. The van der Waals surface area contributed by atoms with Crippen LogP contribution in [0, 0.1) is 0 Å². The molecule has 0 bridgehead atoms. The van der Waals surface area contributed by atoms with Gasteiger partial charge in [0.15, 0.2) is 18.2 Å². The molecule has 0 amide bonds. The van der Waals surface area contributed by atoms with Crippen molar-refractivity contribution in [2.75, 3.05) is 7.11 Å². The van der Waals surface area contributed by atoms with E-state index >= 15 is 0 Å². The molecule has 80 valence electrons. The predicted octanol–water partition coefficient (Wildman–Crippen LogP) is 0.426. The van der Waals surface area contributed by atoms with Crippen LogP contribution in [-0.4, -0.2) is 37.4 Å². The Balaban J connectivity index is 1.97. The second-order valence-electron chi connectivity index (χ2n) is 3.93. The van der Waals surface area contributed by atoms with Crippen molar-refractivity contribution < 1.29 is 23.7 Å². The second-order valence-corrected chi connectivity index (χ2v) is 3.93. The van der Waals surface area contributed by atoms with Gasteiger partial charge in [0.2, 0.25) is 0 Å². The number of carbonyl (C=O) groups is 1. The van der Waals surface area contributed by atoms with E-state index in [2.05, 4.69) is 4.74 Å². The number of ether oxygens (including phenoxy) is 4. The summed E-state index contributed by atoms with van der Waals surface area (Å²) < 4.78 is 20.9. The molecule has 0 spiro atoms. The predicted molar refractivity (Wildman–Crippen MR) is 45.3 cm³/mol. The topological polar surface area (TPSA) is 54.0 Å². The molecule has 2 fully saturated rings. The van der Waals surface area contributed by atoms with E-state index < -0.39 is 18.2 Å².